The molecule has 0 atom stereocenters. The lowest BCUT2D eigenvalue weighted by atomic mass is 9.84. The first-order valence-electron chi connectivity index (χ1n) is 10.4. The first kappa shape index (κ1) is 22.1. The Hall–Kier alpha value is -2.24. The molecule has 1 aliphatic rings. The number of benzene rings is 1. The summed E-state index contributed by atoms with van der Waals surface area (Å²) >= 11 is 0. The molecule has 2 N–H and O–H groups in total. The third kappa shape index (κ3) is 6.14. The number of rotatable bonds is 8. The molecule has 0 aliphatic heterocycles. The zero-order valence-electron chi connectivity index (χ0n) is 18.0. The molecule has 0 saturated heterocycles. The Morgan fingerprint density at radius 3 is 2.57 bits per heavy atom. The van der Waals surface area contributed by atoms with Gasteiger partial charge in [-0.15, -0.1) is 0 Å². The molecule has 0 radical (unpaired) electrons. The van der Waals surface area contributed by atoms with E-state index in [2.05, 4.69) is 10.6 Å². The minimum atomic E-state index is -0.315. The number of ether oxygens (including phenoxy) is 1. The number of guanidine groups is 1. The van der Waals surface area contributed by atoms with Crippen LogP contribution in [0.15, 0.2) is 29.3 Å². The molecule has 0 aromatic heterocycles. The number of hydrogen-bond donors (Lipinski definition) is 2. The molecule has 6 nitrogen and oxygen atoms in total. The Bertz CT molecular complexity index is 664. The van der Waals surface area contributed by atoms with Crippen molar-refractivity contribution in [1.82, 2.24) is 15.5 Å². The van der Waals surface area contributed by atoms with Crippen LogP contribution in [0.4, 0.5) is 0 Å². The molecule has 1 aliphatic carbocycles. The molecule has 0 heterocycles. The van der Waals surface area contributed by atoms with Crippen molar-refractivity contribution in [2.75, 3.05) is 27.2 Å². The van der Waals surface area contributed by atoms with E-state index in [4.69, 9.17) is 9.73 Å². The summed E-state index contributed by atoms with van der Waals surface area (Å²) in [6, 6.07) is 8.04. The van der Waals surface area contributed by atoms with Crippen molar-refractivity contribution in [3.8, 4) is 5.75 Å². The fraction of sp³-hybridized carbons (Fsp3) is 0.636. The summed E-state index contributed by atoms with van der Waals surface area (Å²) < 4.78 is 5.76. The molecule has 1 fully saturated rings. The number of nitrogens with zero attached hydrogens (tertiary/aromatic N) is 2. The van der Waals surface area contributed by atoms with E-state index in [1.54, 1.807) is 4.90 Å². The van der Waals surface area contributed by atoms with Crippen molar-refractivity contribution in [2.24, 2.45) is 10.4 Å². The van der Waals surface area contributed by atoms with E-state index < -0.39 is 0 Å². The van der Waals surface area contributed by atoms with Crippen LogP contribution in [0.25, 0.3) is 0 Å². The topological polar surface area (TPSA) is 66.0 Å². The molecule has 2 rings (SSSR count). The molecule has 1 amide bonds. The maximum Gasteiger partial charge on any atom is 0.230 e. The van der Waals surface area contributed by atoms with Gasteiger partial charge in [0.05, 0.1) is 18.1 Å². The second-order valence-corrected chi connectivity index (χ2v) is 8.05. The smallest absolute Gasteiger partial charge is 0.230 e. The van der Waals surface area contributed by atoms with Gasteiger partial charge in [0.15, 0.2) is 5.96 Å². The summed E-state index contributed by atoms with van der Waals surface area (Å²) in [6.07, 6.45) is 4.24. The van der Waals surface area contributed by atoms with E-state index in [1.165, 1.54) is 0 Å². The maximum atomic E-state index is 12.8. The van der Waals surface area contributed by atoms with Gasteiger partial charge < -0.3 is 20.3 Å². The number of nitrogens with one attached hydrogen (secondary N) is 2. The van der Waals surface area contributed by atoms with Crippen LogP contribution in [0.5, 0.6) is 5.75 Å². The second-order valence-electron chi connectivity index (χ2n) is 8.05. The van der Waals surface area contributed by atoms with Crippen LogP contribution in [0.2, 0.25) is 0 Å². The van der Waals surface area contributed by atoms with Gasteiger partial charge in [-0.25, -0.2) is 4.99 Å². The Morgan fingerprint density at radius 1 is 1.25 bits per heavy atom. The fourth-order valence-corrected chi connectivity index (χ4v) is 3.75. The molecule has 156 valence electrons. The first-order valence-corrected chi connectivity index (χ1v) is 10.4. The predicted octanol–water partition coefficient (Wildman–Crippen LogP) is 3.18. The molecule has 0 unspecified atom stereocenters. The average molecular weight is 389 g/mol. The molecule has 0 bridgehead atoms. The van der Waals surface area contributed by atoms with E-state index in [-0.39, 0.29) is 17.4 Å². The molecule has 1 saturated carbocycles. The van der Waals surface area contributed by atoms with Crippen LogP contribution in [0.3, 0.4) is 0 Å². The summed E-state index contributed by atoms with van der Waals surface area (Å²) in [5, 5.41) is 6.71. The minimum Gasteiger partial charge on any atom is -0.491 e. The molecular formula is C22H36N4O2. The average Bonchev–Trinajstić information content (AvgIpc) is 3.13. The van der Waals surface area contributed by atoms with E-state index in [0.29, 0.717) is 13.1 Å². The highest BCUT2D eigenvalue weighted by Crippen LogP contribution is 2.38. The lowest BCUT2D eigenvalue weighted by Gasteiger charge is -2.31. The largest absolute Gasteiger partial charge is 0.491 e. The molecule has 1 aromatic carbocycles. The SMILES string of the molecule is CCNC(=NCc1cccc(OC(C)C)c1)NCC1(C(=O)N(C)C)CCCC1. The van der Waals surface area contributed by atoms with Crippen molar-refractivity contribution in [1.29, 1.82) is 0 Å². The Kier molecular flexibility index (Phi) is 8.15. The standard InChI is InChI=1S/C22H36N4O2/c1-6-23-21(24-15-18-10-9-11-19(14-18)28-17(2)3)25-16-22(12-7-8-13-22)20(27)26(4)5/h9-11,14,17H,6-8,12-13,15-16H2,1-5H3,(H2,23,24,25). The monoisotopic (exact) mass is 388 g/mol. The minimum absolute atomic E-state index is 0.148. The summed E-state index contributed by atoms with van der Waals surface area (Å²) in [4.78, 5) is 19.2. The van der Waals surface area contributed by atoms with Gasteiger partial charge in [-0.3, -0.25) is 4.79 Å². The zero-order chi connectivity index (χ0) is 20.6. The molecule has 0 spiro atoms. The normalized spacial score (nSPS) is 16.1. The Labute approximate surface area is 169 Å². The number of aliphatic imine (C=N–C) groups is 1. The third-order valence-electron chi connectivity index (χ3n) is 5.05. The van der Waals surface area contributed by atoms with Gasteiger partial charge >= 0.3 is 0 Å². The van der Waals surface area contributed by atoms with Crippen molar-refractivity contribution in [2.45, 2.75) is 59.1 Å². The lowest BCUT2D eigenvalue weighted by molar-refractivity contribution is -0.138. The van der Waals surface area contributed by atoms with Crippen LogP contribution in [-0.4, -0.2) is 50.1 Å². The van der Waals surface area contributed by atoms with Gasteiger partial charge in [-0.1, -0.05) is 25.0 Å². The van der Waals surface area contributed by atoms with Crippen molar-refractivity contribution >= 4 is 11.9 Å². The lowest BCUT2D eigenvalue weighted by Crippen LogP contribution is -2.49. The fourth-order valence-electron chi connectivity index (χ4n) is 3.75. The van der Waals surface area contributed by atoms with Gasteiger partial charge in [0, 0.05) is 27.2 Å². The summed E-state index contributed by atoms with van der Waals surface area (Å²) in [5.41, 5.74) is 0.778. The Balaban J connectivity index is 2.05. The highest BCUT2D eigenvalue weighted by atomic mass is 16.5. The van der Waals surface area contributed by atoms with Gasteiger partial charge in [0.1, 0.15) is 5.75 Å². The highest BCUT2D eigenvalue weighted by Gasteiger charge is 2.42. The van der Waals surface area contributed by atoms with Gasteiger partial charge in [0.2, 0.25) is 5.91 Å². The van der Waals surface area contributed by atoms with Crippen LogP contribution in [0, 0.1) is 5.41 Å². The van der Waals surface area contributed by atoms with Crippen LogP contribution >= 0.6 is 0 Å². The molecular weight excluding hydrogens is 352 g/mol. The number of carbonyl (C=O) groups excluding carboxylic acids is 1. The molecule has 6 heteroatoms. The van der Waals surface area contributed by atoms with E-state index in [1.807, 2.05) is 59.1 Å². The number of carbonyl (C=O) groups is 1. The first-order chi connectivity index (χ1) is 13.4. The Morgan fingerprint density at radius 2 is 1.96 bits per heavy atom. The number of amides is 1. The van der Waals surface area contributed by atoms with E-state index in [0.717, 1.165) is 49.5 Å². The number of hydrogen-bond acceptors (Lipinski definition) is 3. The van der Waals surface area contributed by atoms with E-state index in [9.17, 15) is 4.79 Å². The predicted molar refractivity (Wildman–Crippen MR) is 115 cm³/mol. The van der Waals surface area contributed by atoms with Crippen LogP contribution in [-0.2, 0) is 11.3 Å². The van der Waals surface area contributed by atoms with Crippen LogP contribution in [0.1, 0.15) is 52.0 Å². The van der Waals surface area contributed by atoms with E-state index >= 15 is 0 Å². The quantitative estimate of drug-likeness (QED) is 0.530. The van der Waals surface area contributed by atoms with Crippen LogP contribution < -0.4 is 15.4 Å². The molecule has 28 heavy (non-hydrogen) atoms. The van der Waals surface area contributed by atoms with Crippen molar-refractivity contribution in [3.05, 3.63) is 29.8 Å². The highest BCUT2D eigenvalue weighted by molar-refractivity contribution is 5.85. The third-order valence-corrected chi connectivity index (χ3v) is 5.05. The maximum absolute atomic E-state index is 12.8. The second kappa shape index (κ2) is 10.3. The van der Waals surface area contributed by atoms with Gasteiger partial charge in [-0.05, 0) is 51.3 Å². The van der Waals surface area contributed by atoms with Gasteiger partial charge in [-0.2, -0.15) is 0 Å². The van der Waals surface area contributed by atoms with Crippen molar-refractivity contribution < 1.29 is 9.53 Å². The zero-order valence-corrected chi connectivity index (χ0v) is 18.0. The van der Waals surface area contributed by atoms with Crippen molar-refractivity contribution in [3.63, 3.8) is 0 Å². The summed E-state index contributed by atoms with van der Waals surface area (Å²) in [6.45, 7) is 8.03. The van der Waals surface area contributed by atoms with Gasteiger partial charge in [0.25, 0.3) is 0 Å². The summed E-state index contributed by atoms with van der Waals surface area (Å²) in [5.74, 6) is 1.82. The molecule has 1 aromatic rings. The summed E-state index contributed by atoms with van der Waals surface area (Å²) in [7, 11) is 3.68.